The number of aliphatic hydroxyl groups is 1. The van der Waals surface area contributed by atoms with Gasteiger partial charge in [0.25, 0.3) is 0 Å². The lowest BCUT2D eigenvalue weighted by Gasteiger charge is -2.12. The Hall–Kier alpha value is -1.26. The number of aliphatic hydroxyl groups excluding tert-OH is 1. The molecule has 1 heterocycles. The van der Waals surface area contributed by atoms with Crippen LogP contribution in [0.2, 0.25) is 0 Å². The third-order valence-corrected chi connectivity index (χ3v) is 3.34. The number of furan rings is 1. The molecule has 0 aliphatic rings. The number of methoxy groups -OCH3 is 1. The van der Waals surface area contributed by atoms with E-state index < -0.39 is 6.10 Å². The zero-order valence-electron chi connectivity index (χ0n) is 9.61. The fourth-order valence-electron chi connectivity index (χ4n) is 1.66. The van der Waals surface area contributed by atoms with Crippen LogP contribution in [-0.4, -0.2) is 12.2 Å². The summed E-state index contributed by atoms with van der Waals surface area (Å²) in [4.78, 5) is 0. The van der Waals surface area contributed by atoms with Gasteiger partial charge in [-0.05, 0) is 30.7 Å². The first-order valence-electron chi connectivity index (χ1n) is 5.19. The van der Waals surface area contributed by atoms with Crippen molar-refractivity contribution in [1.29, 1.82) is 0 Å². The molecule has 0 amide bonds. The Morgan fingerprint density at radius 1 is 1.35 bits per heavy atom. The molecular formula is C13H13BrO3. The van der Waals surface area contributed by atoms with Gasteiger partial charge in [-0.15, -0.1) is 0 Å². The number of benzene rings is 1. The summed E-state index contributed by atoms with van der Waals surface area (Å²) >= 11 is 3.42. The van der Waals surface area contributed by atoms with E-state index in [0.29, 0.717) is 5.76 Å². The molecule has 1 aromatic carbocycles. The van der Waals surface area contributed by atoms with Gasteiger partial charge in [0.2, 0.25) is 0 Å². The number of hydrogen-bond donors (Lipinski definition) is 1. The molecule has 0 radical (unpaired) electrons. The van der Waals surface area contributed by atoms with Crippen molar-refractivity contribution in [3.8, 4) is 5.75 Å². The minimum atomic E-state index is -0.773. The second-order valence-corrected chi connectivity index (χ2v) is 4.61. The Balaban J connectivity index is 2.38. The largest absolute Gasteiger partial charge is 0.497 e. The van der Waals surface area contributed by atoms with E-state index in [2.05, 4.69) is 15.9 Å². The van der Waals surface area contributed by atoms with Crippen molar-refractivity contribution in [3.05, 3.63) is 51.9 Å². The van der Waals surface area contributed by atoms with E-state index in [1.54, 1.807) is 13.4 Å². The maximum absolute atomic E-state index is 10.2. The Labute approximate surface area is 108 Å². The van der Waals surface area contributed by atoms with Gasteiger partial charge >= 0.3 is 0 Å². The second kappa shape index (κ2) is 4.94. The summed E-state index contributed by atoms with van der Waals surface area (Å²) in [6.07, 6.45) is 0.802. The first-order valence-corrected chi connectivity index (χ1v) is 5.98. The van der Waals surface area contributed by atoms with Crippen LogP contribution in [-0.2, 0) is 0 Å². The summed E-state index contributed by atoms with van der Waals surface area (Å²) in [6, 6.07) is 7.27. The van der Waals surface area contributed by atoms with Crippen LogP contribution in [0.25, 0.3) is 0 Å². The van der Waals surface area contributed by atoms with Gasteiger partial charge in [0.1, 0.15) is 17.6 Å². The molecule has 0 fully saturated rings. The van der Waals surface area contributed by atoms with E-state index in [9.17, 15) is 5.11 Å². The molecule has 1 aromatic heterocycles. The van der Waals surface area contributed by atoms with Gasteiger partial charge in [0.05, 0.1) is 13.4 Å². The smallest absolute Gasteiger partial charge is 0.139 e. The molecule has 4 heteroatoms. The van der Waals surface area contributed by atoms with Crippen molar-refractivity contribution < 1.29 is 14.3 Å². The Morgan fingerprint density at radius 3 is 2.65 bits per heavy atom. The summed E-state index contributed by atoms with van der Waals surface area (Å²) in [6.45, 7) is 1.90. The first kappa shape index (κ1) is 12.2. The summed E-state index contributed by atoms with van der Waals surface area (Å²) in [5, 5.41) is 10.2. The topological polar surface area (TPSA) is 42.6 Å². The summed E-state index contributed by atoms with van der Waals surface area (Å²) in [7, 11) is 1.61. The SMILES string of the molecule is COc1ccc(C(O)c2occc2C)c(Br)c1. The Morgan fingerprint density at radius 2 is 2.12 bits per heavy atom. The Kier molecular flexibility index (Phi) is 3.54. The van der Waals surface area contributed by atoms with Gasteiger partial charge in [-0.1, -0.05) is 22.0 Å². The predicted molar refractivity (Wildman–Crippen MR) is 68.2 cm³/mol. The van der Waals surface area contributed by atoms with Crippen molar-refractivity contribution in [3.63, 3.8) is 0 Å². The number of halogens is 1. The highest BCUT2D eigenvalue weighted by molar-refractivity contribution is 9.10. The zero-order chi connectivity index (χ0) is 12.4. The average molecular weight is 297 g/mol. The summed E-state index contributed by atoms with van der Waals surface area (Å²) < 4.78 is 11.2. The monoisotopic (exact) mass is 296 g/mol. The number of hydrogen-bond acceptors (Lipinski definition) is 3. The van der Waals surface area contributed by atoms with Crippen molar-refractivity contribution >= 4 is 15.9 Å². The first-order chi connectivity index (χ1) is 8.13. The third kappa shape index (κ3) is 2.37. The van der Waals surface area contributed by atoms with Crippen molar-refractivity contribution in [2.75, 3.05) is 7.11 Å². The van der Waals surface area contributed by atoms with Crippen LogP contribution >= 0.6 is 15.9 Å². The van der Waals surface area contributed by atoms with E-state index in [1.165, 1.54) is 0 Å². The molecule has 0 saturated heterocycles. The van der Waals surface area contributed by atoms with Crippen molar-refractivity contribution in [2.45, 2.75) is 13.0 Å². The molecule has 0 spiro atoms. The van der Waals surface area contributed by atoms with E-state index in [-0.39, 0.29) is 0 Å². The van der Waals surface area contributed by atoms with Crippen LogP contribution in [0.15, 0.2) is 39.4 Å². The lowest BCUT2D eigenvalue weighted by atomic mass is 10.0. The number of ether oxygens (including phenoxy) is 1. The van der Waals surface area contributed by atoms with E-state index >= 15 is 0 Å². The van der Waals surface area contributed by atoms with Crippen LogP contribution in [0, 0.1) is 6.92 Å². The maximum Gasteiger partial charge on any atom is 0.139 e. The molecule has 17 heavy (non-hydrogen) atoms. The van der Waals surface area contributed by atoms with Gasteiger partial charge < -0.3 is 14.3 Å². The number of rotatable bonds is 3. The van der Waals surface area contributed by atoms with Gasteiger partial charge in [0, 0.05) is 10.0 Å². The third-order valence-electron chi connectivity index (χ3n) is 2.65. The minimum Gasteiger partial charge on any atom is -0.497 e. The highest BCUT2D eigenvalue weighted by atomic mass is 79.9. The highest BCUT2D eigenvalue weighted by Crippen LogP contribution is 2.32. The molecular weight excluding hydrogens is 284 g/mol. The lowest BCUT2D eigenvalue weighted by molar-refractivity contribution is 0.187. The molecule has 2 aromatic rings. The standard InChI is InChI=1S/C13H13BrO3/c1-8-5-6-17-13(8)12(15)10-4-3-9(16-2)7-11(10)14/h3-7,12,15H,1-2H3. The van der Waals surface area contributed by atoms with E-state index in [1.807, 2.05) is 31.2 Å². The van der Waals surface area contributed by atoms with Gasteiger partial charge in [0.15, 0.2) is 0 Å². The Bertz CT molecular complexity index is 519. The quantitative estimate of drug-likeness (QED) is 0.943. The lowest BCUT2D eigenvalue weighted by Crippen LogP contribution is -2.01. The molecule has 3 nitrogen and oxygen atoms in total. The highest BCUT2D eigenvalue weighted by Gasteiger charge is 2.18. The van der Waals surface area contributed by atoms with Crippen LogP contribution in [0.3, 0.4) is 0 Å². The zero-order valence-corrected chi connectivity index (χ0v) is 11.2. The van der Waals surface area contributed by atoms with E-state index in [4.69, 9.17) is 9.15 Å². The van der Waals surface area contributed by atoms with Crippen LogP contribution in [0.5, 0.6) is 5.75 Å². The van der Waals surface area contributed by atoms with Gasteiger partial charge in [-0.25, -0.2) is 0 Å². The van der Waals surface area contributed by atoms with Gasteiger partial charge in [-0.2, -0.15) is 0 Å². The molecule has 2 rings (SSSR count). The molecule has 90 valence electrons. The molecule has 0 bridgehead atoms. The predicted octanol–water partition coefficient (Wildman–Crippen LogP) is 3.44. The molecule has 1 N–H and O–H groups in total. The van der Waals surface area contributed by atoms with Crippen LogP contribution < -0.4 is 4.74 Å². The van der Waals surface area contributed by atoms with Crippen molar-refractivity contribution in [1.82, 2.24) is 0 Å². The summed E-state index contributed by atoms with van der Waals surface area (Å²) in [5.41, 5.74) is 1.68. The van der Waals surface area contributed by atoms with Crippen LogP contribution in [0.4, 0.5) is 0 Å². The fraction of sp³-hybridized carbons (Fsp3) is 0.231. The van der Waals surface area contributed by atoms with Crippen molar-refractivity contribution in [2.24, 2.45) is 0 Å². The summed E-state index contributed by atoms with van der Waals surface area (Å²) in [5.74, 6) is 1.31. The van der Waals surface area contributed by atoms with E-state index in [0.717, 1.165) is 21.3 Å². The molecule has 0 aliphatic heterocycles. The molecule has 0 aliphatic carbocycles. The van der Waals surface area contributed by atoms with Gasteiger partial charge in [-0.3, -0.25) is 0 Å². The normalized spacial score (nSPS) is 12.5. The molecule has 1 atom stereocenters. The minimum absolute atomic E-state index is 0.566. The molecule has 1 unspecified atom stereocenters. The average Bonchev–Trinajstić information content (AvgIpc) is 2.74. The number of aryl methyl sites for hydroxylation is 1. The maximum atomic E-state index is 10.2. The van der Waals surface area contributed by atoms with Crippen LogP contribution in [0.1, 0.15) is 23.0 Å². The molecule has 0 saturated carbocycles. The fourth-order valence-corrected chi connectivity index (χ4v) is 2.24. The second-order valence-electron chi connectivity index (χ2n) is 3.76.